The van der Waals surface area contributed by atoms with Gasteiger partial charge in [0.25, 0.3) is 5.91 Å². The molecule has 3 atom stereocenters. The fourth-order valence-corrected chi connectivity index (χ4v) is 7.32. The predicted octanol–water partition coefficient (Wildman–Crippen LogP) is 3.89. The molecule has 2 amide bonds. The Hall–Kier alpha value is -4.51. The molecule has 1 saturated heterocycles. The van der Waals surface area contributed by atoms with Crippen molar-refractivity contribution < 1.29 is 19.1 Å². The van der Waals surface area contributed by atoms with E-state index in [9.17, 15) is 14.4 Å². The van der Waals surface area contributed by atoms with Crippen LogP contribution in [0.1, 0.15) is 44.4 Å². The molecule has 2 aliphatic rings. The number of thiophene rings is 1. The maximum Gasteiger partial charge on any atom is 0.264 e. The van der Waals surface area contributed by atoms with E-state index in [1.54, 1.807) is 29.2 Å². The lowest BCUT2D eigenvalue weighted by atomic mass is 9.69. The zero-order valence-corrected chi connectivity index (χ0v) is 23.9. The van der Waals surface area contributed by atoms with Crippen molar-refractivity contribution in [3.63, 3.8) is 0 Å². The maximum absolute atomic E-state index is 14.2. The highest BCUT2D eigenvalue weighted by atomic mass is 32.1. The van der Waals surface area contributed by atoms with Crippen LogP contribution in [0, 0.1) is 6.92 Å². The number of rotatable bonds is 6. The summed E-state index contributed by atoms with van der Waals surface area (Å²) in [5.74, 6) is 0.351. The van der Waals surface area contributed by atoms with E-state index in [-0.39, 0.29) is 17.9 Å². The van der Waals surface area contributed by atoms with Crippen molar-refractivity contribution in [1.29, 1.82) is 0 Å². The van der Waals surface area contributed by atoms with Gasteiger partial charge in [-0.25, -0.2) is 0 Å². The van der Waals surface area contributed by atoms with E-state index in [4.69, 9.17) is 21.9 Å². The Bertz CT molecular complexity index is 1770. The lowest BCUT2D eigenvalue weighted by Crippen LogP contribution is -2.53. The quantitative estimate of drug-likeness (QED) is 0.199. The predicted molar refractivity (Wildman–Crippen MR) is 163 cm³/mol. The minimum absolute atomic E-state index is 0.186. The van der Waals surface area contributed by atoms with Gasteiger partial charge in [0.05, 0.1) is 15.6 Å². The second-order valence-corrected chi connectivity index (χ2v) is 11.8. The number of amides is 2. The molecule has 0 bridgehead atoms. The van der Waals surface area contributed by atoms with E-state index in [1.165, 1.54) is 17.4 Å². The number of hydrogen-bond acceptors (Lipinski definition) is 8. The summed E-state index contributed by atoms with van der Waals surface area (Å²) in [5.41, 5.74) is 21.4. The molecule has 9 nitrogen and oxygen atoms in total. The molecular formula is C32H31N5O4S. The van der Waals surface area contributed by atoms with E-state index >= 15 is 0 Å². The normalized spacial score (nSPS) is 21.4. The van der Waals surface area contributed by atoms with Gasteiger partial charge in [-0.05, 0) is 66.4 Å². The monoisotopic (exact) mass is 581 g/mol. The van der Waals surface area contributed by atoms with Crippen LogP contribution in [0.25, 0.3) is 10.1 Å². The van der Waals surface area contributed by atoms with Crippen LogP contribution >= 0.6 is 11.3 Å². The van der Waals surface area contributed by atoms with Crippen molar-refractivity contribution >= 4 is 44.7 Å². The summed E-state index contributed by atoms with van der Waals surface area (Å²) in [7, 11) is 0. The van der Waals surface area contributed by atoms with E-state index in [2.05, 4.69) is 11.9 Å². The van der Waals surface area contributed by atoms with Crippen LogP contribution in [-0.2, 0) is 15.1 Å². The van der Waals surface area contributed by atoms with Gasteiger partial charge in [-0.3, -0.25) is 14.4 Å². The highest BCUT2D eigenvalue weighted by molar-refractivity contribution is 7.21. The topological polar surface area (TPSA) is 154 Å². The Morgan fingerprint density at radius 3 is 2.57 bits per heavy atom. The standard InChI is InChI=1S/C32H31N5O4S/c1-3-24(38)36-18-13-14-37(16-18)31(40)29-26-25-22(11-12-23(33)28(25)42-29)32(35,30(39)27(26)34)21-10-9-20(15-17(21)2)41-19-7-5-4-6-8-19/h3-12,15,18,27H,1,13-14,16,33-35H2,2H3,(H,36,38)/t18-,27-,32-/m1/s1. The average molecular weight is 582 g/mol. The van der Waals surface area contributed by atoms with E-state index in [0.717, 1.165) is 5.56 Å². The van der Waals surface area contributed by atoms with Crippen molar-refractivity contribution in [2.24, 2.45) is 11.5 Å². The van der Waals surface area contributed by atoms with E-state index < -0.39 is 17.4 Å². The summed E-state index contributed by atoms with van der Waals surface area (Å²) < 4.78 is 6.66. The molecule has 10 heteroatoms. The van der Waals surface area contributed by atoms with Crippen LogP contribution in [0.3, 0.4) is 0 Å². The molecule has 0 spiro atoms. The summed E-state index contributed by atoms with van der Waals surface area (Å²) in [4.78, 5) is 41.8. The Morgan fingerprint density at radius 2 is 1.86 bits per heavy atom. The summed E-state index contributed by atoms with van der Waals surface area (Å²) in [6.07, 6.45) is 1.82. The summed E-state index contributed by atoms with van der Waals surface area (Å²) in [6.45, 7) is 6.16. The molecule has 3 aromatic carbocycles. The third-order valence-electron chi connectivity index (χ3n) is 8.12. The first kappa shape index (κ1) is 27.6. The molecule has 1 aliphatic heterocycles. The van der Waals surface area contributed by atoms with E-state index in [0.29, 0.717) is 68.4 Å². The maximum atomic E-state index is 14.2. The number of ketones is 1. The number of likely N-dealkylation sites (tertiary alicyclic amines) is 1. The number of carbonyl (C=O) groups excluding carboxylic acids is 3. The van der Waals surface area contributed by atoms with Crippen molar-refractivity contribution in [3.8, 4) is 11.5 Å². The molecule has 42 heavy (non-hydrogen) atoms. The Morgan fingerprint density at radius 1 is 1.12 bits per heavy atom. The van der Waals surface area contributed by atoms with Crippen LogP contribution in [-0.4, -0.2) is 41.6 Å². The molecular weight excluding hydrogens is 550 g/mol. The number of nitrogens with one attached hydrogen (secondary N) is 1. The number of ether oxygens (including phenoxy) is 1. The van der Waals surface area contributed by atoms with Crippen molar-refractivity contribution in [1.82, 2.24) is 10.2 Å². The number of carbonyl (C=O) groups is 3. The van der Waals surface area contributed by atoms with Gasteiger partial charge >= 0.3 is 0 Å². The summed E-state index contributed by atoms with van der Waals surface area (Å²) >= 11 is 1.23. The highest BCUT2D eigenvalue weighted by Crippen LogP contribution is 2.50. The van der Waals surface area contributed by atoms with Crippen LogP contribution in [0.15, 0.2) is 73.3 Å². The van der Waals surface area contributed by atoms with Crippen LogP contribution in [0.2, 0.25) is 0 Å². The first-order valence-corrected chi connectivity index (χ1v) is 14.5. The zero-order valence-electron chi connectivity index (χ0n) is 23.1. The molecule has 0 saturated carbocycles. The highest BCUT2D eigenvalue weighted by Gasteiger charge is 2.49. The second-order valence-electron chi connectivity index (χ2n) is 10.7. The van der Waals surface area contributed by atoms with Gasteiger partial charge in [-0.15, -0.1) is 11.3 Å². The van der Waals surface area contributed by atoms with Crippen LogP contribution < -0.4 is 27.3 Å². The zero-order chi connectivity index (χ0) is 29.8. The van der Waals surface area contributed by atoms with Crippen molar-refractivity contribution in [2.75, 3.05) is 18.8 Å². The summed E-state index contributed by atoms with van der Waals surface area (Å²) in [6, 6.07) is 17.0. The van der Waals surface area contributed by atoms with Crippen LogP contribution in [0.5, 0.6) is 11.5 Å². The van der Waals surface area contributed by atoms with Gasteiger partial charge in [0.15, 0.2) is 5.78 Å². The molecule has 214 valence electrons. The number of para-hydroxylation sites is 1. The smallest absolute Gasteiger partial charge is 0.264 e. The minimum Gasteiger partial charge on any atom is -0.457 e. The number of aryl methyl sites for hydroxylation is 1. The minimum atomic E-state index is -1.57. The van der Waals surface area contributed by atoms with E-state index in [1.807, 2.05) is 43.3 Å². The molecule has 0 radical (unpaired) electrons. The molecule has 0 unspecified atom stereocenters. The number of nitrogen functional groups attached to an aromatic ring is 1. The Kier molecular flexibility index (Phi) is 6.84. The number of Topliss-reactive ketones (excluding diaryl/α,β-unsaturated/α-hetero) is 1. The SMILES string of the molecule is C=CC(=O)N[C@@H]1CCN(C(=O)c2sc3c(N)ccc4c3c2[C@@H](N)C(=O)[C@@]4(N)c2ccc(Oc3ccccc3)cc2C)C1. The first-order chi connectivity index (χ1) is 20.1. The number of nitrogens with two attached hydrogens (primary N) is 3. The van der Waals surface area contributed by atoms with Crippen LogP contribution in [0.4, 0.5) is 5.69 Å². The fraction of sp³-hybridized carbons (Fsp3) is 0.219. The first-order valence-electron chi connectivity index (χ1n) is 13.6. The van der Waals surface area contributed by atoms with Crippen molar-refractivity contribution in [3.05, 3.63) is 100 Å². The molecule has 2 heterocycles. The third kappa shape index (κ3) is 4.35. The number of nitrogens with zero attached hydrogens (tertiary/aromatic N) is 1. The Labute approximate surface area is 246 Å². The Balaban J connectivity index is 1.41. The lowest BCUT2D eigenvalue weighted by Gasteiger charge is -2.37. The van der Waals surface area contributed by atoms with Gasteiger partial charge in [0, 0.05) is 35.8 Å². The number of hydrogen-bond donors (Lipinski definition) is 4. The van der Waals surface area contributed by atoms with Gasteiger partial charge in [0.2, 0.25) is 5.91 Å². The van der Waals surface area contributed by atoms with Gasteiger partial charge in [0.1, 0.15) is 17.0 Å². The molecule has 1 fully saturated rings. The van der Waals surface area contributed by atoms with Gasteiger partial charge in [-0.1, -0.05) is 36.9 Å². The second kappa shape index (κ2) is 10.4. The molecule has 6 rings (SSSR count). The molecule has 1 aliphatic carbocycles. The van der Waals surface area contributed by atoms with Crippen molar-refractivity contribution in [2.45, 2.75) is 31.0 Å². The molecule has 4 aromatic rings. The largest absolute Gasteiger partial charge is 0.457 e. The fourth-order valence-electron chi connectivity index (χ4n) is 6.05. The number of benzene rings is 3. The molecule has 1 aromatic heterocycles. The third-order valence-corrected chi connectivity index (χ3v) is 9.36. The average Bonchev–Trinajstić information content (AvgIpc) is 3.62. The van der Waals surface area contributed by atoms with Gasteiger partial charge in [-0.2, -0.15) is 0 Å². The van der Waals surface area contributed by atoms with Gasteiger partial charge < -0.3 is 32.2 Å². The lowest BCUT2D eigenvalue weighted by molar-refractivity contribution is -0.124. The summed E-state index contributed by atoms with van der Waals surface area (Å²) in [5, 5.41) is 3.50. The number of anilines is 1. The molecule has 7 N–H and O–H groups in total.